The number of allylic oxidation sites excluding steroid dienone is 2. The number of aliphatic hydroxyl groups excluding tert-OH is 6. The summed E-state index contributed by atoms with van der Waals surface area (Å²) < 4.78 is 12.7. The molecule has 1 saturated carbocycles. The number of phenolic OH excluding ortho intramolecular Hbond substituents is 1. The number of hydrogen-bond donors (Lipinski definition) is 11. The summed E-state index contributed by atoms with van der Waals surface area (Å²) in [4.78, 5) is 82.1. The van der Waals surface area contributed by atoms with Gasteiger partial charge in [0.05, 0.1) is 48.6 Å². The Hall–Kier alpha value is -5.06. The number of phenols is 1. The minimum absolute atomic E-state index is 0.0540. The second-order valence-electron chi connectivity index (χ2n) is 23.6. The molecule has 1 aliphatic carbocycles. The van der Waals surface area contributed by atoms with Crippen LogP contribution in [0.25, 0.3) is 0 Å². The summed E-state index contributed by atoms with van der Waals surface area (Å²) in [5, 5.41) is 88.5. The Morgan fingerprint density at radius 2 is 1.65 bits per heavy atom. The zero-order valence-electron chi connectivity index (χ0n) is 47.2. The third kappa shape index (κ3) is 15.7. The summed E-state index contributed by atoms with van der Waals surface area (Å²) >= 11 is 0. The zero-order valence-corrected chi connectivity index (χ0v) is 47.2. The van der Waals surface area contributed by atoms with E-state index in [2.05, 4.69) is 21.4 Å². The van der Waals surface area contributed by atoms with Crippen LogP contribution in [0.2, 0.25) is 0 Å². The largest absolute Gasteiger partial charge is 0.508 e. The van der Waals surface area contributed by atoms with Crippen LogP contribution in [0.1, 0.15) is 132 Å². The summed E-state index contributed by atoms with van der Waals surface area (Å²) in [5.74, 6) is -6.77. The van der Waals surface area contributed by atoms with Crippen LogP contribution in [-0.2, 0) is 44.7 Å². The maximum atomic E-state index is 14.5. The van der Waals surface area contributed by atoms with Crippen LogP contribution in [0.15, 0.2) is 60.2 Å². The number of hydrogen-bond acceptors (Lipinski definition) is 16. The number of carbonyl (C=O) groups excluding carboxylic acids is 6. The second-order valence-corrected chi connectivity index (χ2v) is 23.6. The van der Waals surface area contributed by atoms with E-state index in [0.29, 0.717) is 30.4 Å². The molecule has 0 aromatic heterocycles. The number of Topliss-reactive ketones (excluding diaryl/α,β-unsaturated/α-hetero) is 1. The van der Waals surface area contributed by atoms with Gasteiger partial charge >= 0.3 is 5.97 Å². The van der Waals surface area contributed by atoms with Crippen LogP contribution in [0.5, 0.6) is 5.75 Å². The van der Waals surface area contributed by atoms with E-state index < -0.39 is 114 Å². The number of aromatic hydroxyl groups is 1. The summed E-state index contributed by atoms with van der Waals surface area (Å²) in [6.45, 7) is 13.8. The fraction of sp³-hybridized carbons (Fsp3) is 0.695. The molecule has 20 nitrogen and oxygen atoms in total. The summed E-state index contributed by atoms with van der Waals surface area (Å²) in [6.07, 6.45) is 2.16. The van der Waals surface area contributed by atoms with Gasteiger partial charge in [0.2, 0.25) is 17.7 Å². The molecule has 0 radical (unpaired) electrons. The molecule has 11 N–H and O–H groups in total. The van der Waals surface area contributed by atoms with Crippen LogP contribution in [0.3, 0.4) is 0 Å². The fourth-order valence-electron chi connectivity index (χ4n) is 12.0. The molecular weight excluding hydrogens is 1020 g/mol. The van der Waals surface area contributed by atoms with Gasteiger partial charge in [-0.05, 0) is 100 Å². The van der Waals surface area contributed by atoms with Crippen LogP contribution in [-0.4, -0.2) is 155 Å². The van der Waals surface area contributed by atoms with Gasteiger partial charge < -0.3 is 66.0 Å². The Balaban J connectivity index is 1.19. The molecule has 4 fully saturated rings. The molecular formula is C59H89N5O15. The van der Waals surface area contributed by atoms with E-state index in [1.807, 2.05) is 20.8 Å². The molecule has 6 rings (SSSR count). The van der Waals surface area contributed by atoms with E-state index in [1.165, 1.54) is 42.3 Å². The lowest BCUT2D eigenvalue weighted by Crippen LogP contribution is -2.78. The lowest BCUT2D eigenvalue weighted by Gasteiger charge is -2.65. The number of cyclic esters (lactones) is 1. The minimum Gasteiger partial charge on any atom is -0.508 e. The van der Waals surface area contributed by atoms with Gasteiger partial charge in [0.25, 0.3) is 5.91 Å². The normalized spacial score (nSPS) is 35.8. The monoisotopic (exact) mass is 1110 g/mol. The van der Waals surface area contributed by atoms with Gasteiger partial charge in [-0.1, -0.05) is 84.1 Å². The molecule has 4 aliphatic heterocycles. The van der Waals surface area contributed by atoms with Crippen LogP contribution in [0.4, 0.5) is 0 Å². The number of nitrogens with zero attached hydrogens (tertiary/aromatic N) is 1. The molecule has 19 atom stereocenters. The van der Waals surface area contributed by atoms with Crippen molar-refractivity contribution in [2.45, 2.75) is 205 Å². The van der Waals surface area contributed by atoms with Gasteiger partial charge in [0.1, 0.15) is 41.5 Å². The highest BCUT2D eigenvalue weighted by Gasteiger charge is 2.67. The van der Waals surface area contributed by atoms with Gasteiger partial charge in [-0.25, -0.2) is 5.43 Å². The first-order chi connectivity index (χ1) is 37.3. The number of rotatable bonds is 16. The smallest absolute Gasteiger partial charge is 0.325 e. The Morgan fingerprint density at radius 1 is 0.911 bits per heavy atom. The molecule has 2 bridgehead atoms. The minimum atomic E-state index is -1.48. The number of amides is 4. The number of esters is 1. The van der Waals surface area contributed by atoms with Gasteiger partial charge in [0, 0.05) is 61.8 Å². The van der Waals surface area contributed by atoms with Crippen molar-refractivity contribution in [3.05, 3.63) is 65.8 Å². The maximum absolute atomic E-state index is 14.5. The predicted molar refractivity (Wildman–Crippen MR) is 291 cm³/mol. The first-order valence-corrected chi connectivity index (χ1v) is 28.6. The van der Waals surface area contributed by atoms with Crippen molar-refractivity contribution in [2.24, 2.45) is 47.3 Å². The number of fused-ring (bicyclic) bond motifs is 2. The number of hydrazine groups is 1. The summed E-state index contributed by atoms with van der Waals surface area (Å²) in [6, 6.07) is 2.62. The molecule has 1 unspecified atom stereocenters. The average Bonchev–Trinajstić information content (AvgIpc) is 3.41. The van der Waals surface area contributed by atoms with E-state index in [1.54, 1.807) is 52.0 Å². The first-order valence-electron chi connectivity index (χ1n) is 28.6. The van der Waals surface area contributed by atoms with Crippen molar-refractivity contribution in [3.8, 4) is 5.75 Å². The quantitative estimate of drug-likeness (QED) is 0.0838. The molecule has 440 valence electrons. The number of ketones is 1. The molecule has 4 heterocycles. The van der Waals surface area contributed by atoms with Crippen LogP contribution < -0.4 is 21.4 Å². The number of benzene rings is 1. The molecule has 5 aliphatic rings. The number of nitrogens with one attached hydrogen (secondary N) is 4. The summed E-state index contributed by atoms with van der Waals surface area (Å²) in [5.41, 5.74) is 2.92. The predicted octanol–water partition coefficient (Wildman–Crippen LogP) is 2.94. The molecule has 79 heavy (non-hydrogen) atoms. The highest BCUT2D eigenvalue weighted by molar-refractivity contribution is 5.93. The maximum Gasteiger partial charge on any atom is 0.325 e. The third-order valence-corrected chi connectivity index (χ3v) is 17.5. The lowest BCUT2D eigenvalue weighted by atomic mass is 9.55. The summed E-state index contributed by atoms with van der Waals surface area (Å²) in [7, 11) is 0. The average molecular weight is 1110 g/mol. The van der Waals surface area contributed by atoms with Crippen molar-refractivity contribution in [3.63, 3.8) is 0 Å². The van der Waals surface area contributed by atoms with Gasteiger partial charge in [-0.3, -0.25) is 29.0 Å². The molecule has 1 aromatic rings. The van der Waals surface area contributed by atoms with E-state index >= 15 is 0 Å². The molecule has 4 amide bonds. The fourth-order valence-corrected chi connectivity index (χ4v) is 12.0. The SMILES string of the molecule is CC[C@H]1C[C@@H]2C[C@H]3[C@@H](O)[C@@H](C)[C@H](C[C@H](O)[C@@H](C)CC[C@H](O)[C@@H](O)/C=C(\C)[C@@H]4C/C=C/C=C/[C@H](O)[C@H](C)[C@@H](O)[C@@H](CCC(C)=O)C(=O)N[C@@H](C(C)C)C(=O)N[C@@H](Cc5cccc(O)c5)C(=O)N5CCCC(N5)C(=O)O4)O[C@]23NC1=O. The number of aliphatic hydroxyl groups is 6. The van der Waals surface area contributed by atoms with Crippen molar-refractivity contribution in [1.29, 1.82) is 0 Å². The van der Waals surface area contributed by atoms with E-state index in [9.17, 15) is 64.5 Å². The topological polar surface area (TPSA) is 314 Å². The molecule has 1 aromatic carbocycles. The van der Waals surface area contributed by atoms with Gasteiger partial charge in [-0.2, -0.15) is 0 Å². The molecule has 20 heteroatoms. The Kier molecular flexibility index (Phi) is 22.4. The number of piperidine rings is 1. The Labute approximate surface area is 464 Å². The Bertz CT molecular complexity index is 2380. The highest BCUT2D eigenvalue weighted by atomic mass is 16.5. The standard InChI is InChI=1S/C59H89N5O15/c1-9-38-28-39-29-42-53(72)36(8)50(79-59(39,42)62-54(38)73)30-47(69)32(4)20-23-46(68)48(70)25-33(5)49-19-12-10-11-18-45(67)35(7)52(71)41(22-21-34(6)65)55(74)61-51(31(2)3)56(75)60-44(27-37-15-13-16-40(66)26-37)57(76)64-24-14-17-43(63-64)58(77)78-49/h10-13,15-16,18,25-26,31-32,35-36,38-39,41-53,63,66-72H,9,14,17,19-24,27-30H2,1-8H3,(H,60,75)(H,61,74)(H,62,73)/b12-10+,18-11+,33-25+/t32-,35-,36-,38-,39+,41+,42-,43?,44-,45-,46-,47-,48-,49-,50-,51-,52+,53-,59+/m0/s1. The van der Waals surface area contributed by atoms with Crippen molar-refractivity contribution >= 4 is 35.4 Å². The highest BCUT2D eigenvalue weighted by Crippen LogP contribution is 2.57. The number of ether oxygens (including phenoxy) is 2. The van der Waals surface area contributed by atoms with Crippen molar-refractivity contribution in [1.82, 2.24) is 26.4 Å². The number of carbonyl (C=O) groups is 6. The zero-order chi connectivity index (χ0) is 58.0. The first kappa shape index (κ1) is 63.1. The third-order valence-electron chi connectivity index (χ3n) is 17.5. The van der Waals surface area contributed by atoms with Gasteiger partial charge in [-0.15, -0.1) is 0 Å². The van der Waals surface area contributed by atoms with Crippen molar-refractivity contribution < 1.29 is 74.0 Å². The Morgan fingerprint density at radius 3 is 2.33 bits per heavy atom. The van der Waals surface area contributed by atoms with Gasteiger partial charge in [0.15, 0.2) is 0 Å². The molecule has 1 spiro atoms. The van der Waals surface area contributed by atoms with Crippen LogP contribution >= 0.6 is 0 Å². The van der Waals surface area contributed by atoms with Crippen molar-refractivity contribution in [2.75, 3.05) is 6.54 Å². The lowest BCUT2D eigenvalue weighted by molar-refractivity contribution is -0.320. The second kappa shape index (κ2) is 28.1. The van der Waals surface area contributed by atoms with E-state index in [4.69, 9.17) is 9.47 Å². The molecule has 3 saturated heterocycles. The van der Waals surface area contributed by atoms with Crippen LogP contribution in [0, 0.1) is 47.3 Å². The van der Waals surface area contributed by atoms with E-state index in [0.717, 1.165) is 12.8 Å². The van der Waals surface area contributed by atoms with E-state index in [-0.39, 0.29) is 98.5 Å².